The molecule has 5 aromatic rings. The normalized spacial score (nSPS) is 12.2. The molecule has 0 saturated heterocycles. The van der Waals surface area contributed by atoms with E-state index in [2.05, 4.69) is 168 Å². The fourth-order valence-corrected chi connectivity index (χ4v) is 17.9. The van der Waals surface area contributed by atoms with Crippen LogP contribution in [0.2, 0.25) is 22.2 Å². The zero-order valence-electron chi connectivity index (χ0n) is 34.2. The number of methoxy groups -OCH3 is 2. The van der Waals surface area contributed by atoms with Crippen LogP contribution < -0.4 is 9.47 Å². The van der Waals surface area contributed by atoms with Crippen molar-refractivity contribution in [2.45, 2.75) is 105 Å². The Kier molecular flexibility index (Phi) is 11.0. The van der Waals surface area contributed by atoms with Gasteiger partial charge in [0.2, 0.25) is 0 Å². The first kappa shape index (κ1) is 39.0. The Bertz CT molecular complexity index is 2200. The fourth-order valence-electron chi connectivity index (χ4n) is 9.02. The highest BCUT2D eigenvalue weighted by Gasteiger charge is 2.41. The molecule has 2 nitrogen and oxygen atoms in total. The molecule has 0 aliphatic rings. The highest BCUT2D eigenvalue weighted by atomic mass is 28.3. The molecule has 0 amide bonds. The van der Waals surface area contributed by atoms with Crippen LogP contribution in [0.15, 0.2) is 72.1 Å². The summed E-state index contributed by atoms with van der Waals surface area (Å²) in [5.74, 6) is 9.25. The molecule has 0 bridgehead atoms. The van der Waals surface area contributed by atoms with Gasteiger partial charge in [0, 0.05) is 11.1 Å². The summed E-state index contributed by atoms with van der Waals surface area (Å²) >= 11 is 0. The van der Waals surface area contributed by atoms with E-state index in [1.54, 1.807) is 14.2 Å². The van der Waals surface area contributed by atoms with Crippen molar-refractivity contribution in [1.29, 1.82) is 0 Å². The van der Waals surface area contributed by atoms with E-state index in [1.807, 2.05) is 0 Å². The van der Waals surface area contributed by atoms with Crippen molar-refractivity contribution in [3.8, 4) is 34.4 Å². The third-order valence-electron chi connectivity index (χ3n) is 12.0. The lowest BCUT2D eigenvalue weighted by Gasteiger charge is -2.35. The summed E-state index contributed by atoms with van der Waals surface area (Å²) in [5, 5.41) is 11.6. The number of ether oxygens (including phenoxy) is 2. The Morgan fingerprint density at radius 1 is 0.500 bits per heavy atom. The summed E-state index contributed by atoms with van der Waals surface area (Å²) in [4.78, 5) is 0. The SMILES string of the molecule is C=C(C)[Si](C#Cc1c2cc3cc(C)c(C)cc3cc2c(C#C[Si](C(=C)C)(C(C)C)C(C)C)c2cc3cc(OC)c(OC)cc3cc12)(C(C)C)C(C)C. The van der Waals surface area contributed by atoms with E-state index in [-0.39, 0.29) is 0 Å². The van der Waals surface area contributed by atoms with Gasteiger partial charge in [0.05, 0.1) is 14.2 Å². The van der Waals surface area contributed by atoms with Crippen molar-refractivity contribution < 1.29 is 9.47 Å². The number of fused-ring (bicyclic) bond motifs is 4. The molecule has 0 aromatic heterocycles. The van der Waals surface area contributed by atoms with Crippen LogP contribution in [0.4, 0.5) is 0 Å². The van der Waals surface area contributed by atoms with Crippen LogP contribution in [-0.4, -0.2) is 30.4 Å². The van der Waals surface area contributed by atoms with E-state index >= 15 is 0 Å². The summed E-state index contributed by atoms with van der Waals surface area (Å²) in [7, 11) is -1.12. The second-order valence-electron chi connectivity index (χ2n) is 16.3. The van der Waals surface area contributed by atoms with Gasteiger partial charge >= 0.3 is 0 Å². The van der Waals surface area contributed by atoms with Gasteiger partial charge in [-0.2, -0.15) is 0 Å². The average Bonchev–Trinajstić information content (AvgIpc) is 3.06. The molecule has 0 heterocycles. The van der Waals surface area contributed by atoms with E-state index in [0.717, 1.165) is 43.4 Å². The van der Waals surface area contributed by atoms with Crippen LogP contribution in [0.3, 0.4) is 0 Å². The highest BCUT2D eigenvalue weighted by Crippen LogP contribution is 2.43. The third kappa shape index (κ3) is 6.40. The lowest BCUT2D eigenvalue weighted by molar-refractivity contribution is 0.356. The molecule has 0 aliphatic heterocycles. The quantitative estimate of drug-likeness (QED) is 0.0902. The van der Waals surface area contributed by atoms with Crippen LogP contribution in [0.1, 0.15) is 91.5 Å². The maximum atomic E-state index is 5.78. The van der Waals surface area contributed by atoms with Crippen molar-refractivity contribution in [2.24, 2.45) is 0 Å². The minimum absolute atomic E-state index is 0.427. The van der Waals surface area contributed by atoms with Crippen LogP contribution in [0.5, 0.6) is 11.5 Å². The molecule has 0 atom stereocenters. The zero-order valence-corrected chi connectivity index (χ0v) is 36.2. The van der Waals surface area contributed by atoms with Gasteiger partial charge in [0.1, 0.15) is 0 Å². The summed E-state index contributed by atoms with van der Waals surface area (Å²) in [6, 6.07) is 18.1. The minimum atomic E-state index is -2.25. The van der Waals surface area contributed by atoms with Crippen molar-refractivity contribution >= 4 is 59.2 Å². The second kappa shape index (κ2) is 14.7. The Labute approximate surface area is 315 Å². The standard InChI is InChI=1S/C48H58O2Si2/c1-29(2)51(30(3)4,31(5)6)19-17-41-43-23-37-21-35(13)36(14)22-38(37)24-44(43)42(18-20-52(32(7)8,33(9)10)34(11)12)46-26-40-28-48(50-16)47(49-15)27-39(40)25-45(41)46/h21-28,30-31,33-34H,1,7H2,2-6,8-16H3. The Balaban J connectivity index is 2.11. The smallest absolute Gasteiger partial charge is 0.169 e. The number of hydrogen-bond donors (Lipinski definition) is 0. The molecule has 0 saturated carbocycles. The predicted octanol–water partition coefficient (Wildman–Crippen LogP) is 13.5. The summed E-state index contributed by atoms with van der Waals surface area (Å²) in [6.45, 7) is 36.6. The zero-order chi connectivity index (χ0) is 38.4. The molecule has 0 unspecified atom stereocenters. The van der Waals surface area contributed by atoms with E-state index < -0.39 is 16.1 Å². The summed E-state index contributed by atoms with van der Waals surface area (Å²) < 4.78 is 11.6. The van der Waals surface area contributed by atoms with Gasteiger partial charge < -0.3 is 9.47 Å². The molecular weight excluding hydrogens is 665 g/mol. The molecule has 5 aromatic carbocycles. The van der Waals surface area contributed by atoms with Gasteiger partial charge in [-0.15, -0.1) is 24.2 Å². The maximum Gasteiger partial charge on any atom is 0.169 e. The first-order chi connectivity index (χ1) is 24.4. The number of aryl methyl sites for hydroxylation is 2. The number of hydrogen-bond acceptors (Lipinski definition) is 2. The average molecular weight is 723 g/mol. The van der Waals surface area contributed by atoms with Crippen molar-refractivity contribution in [1.82, 2.24) is 0 Å². The van der Waals surface area contributed by atoms with E-state index in [1.165, 1.54) is 32.3 Å². The Morgan fingerprint density at radius 3 is 1.00 bits per heavy atom. The Morgan fingerprint density at radius 2 is 0.769 bits per heavy atom. The van der Waals surface area contributed by atoms with Crippen molar-refractivity contribution in [2.75, 3.05) is 14.2 Å². The fraction of sp³-hybridized carbons (Fsp3) is 0.375. The summed E-state index contributed by atoms with van der Waals surface area (Å²) in [5.41, 5.74) is 14.4. The molecule has 0 fully saturated rings. The molecule has 0 radical (unpaired) electrons. The molecule has 0 N–H and O–H groups in total. The lowest BCUT2D eigenvalue weighted by atomic mass is 9.88. The molecular formula is C48H58O2Si2. The first-order valence-electron chi connectivity index (χ1n) is 18.8. The van der Waals surface area contributed by atoms with Crippen LogP contribution in [0, 0.1) is 36.8 Å². The molecule has 52 heavy (non-hydrogen) atoms. The predicted molar refractivity (Wildman–Crippen MR) is 234 cm³/mol. The highest BCUT2D eigenvalue weighted by molar-refractivity contribution is 6.96. The van der Waals surface area contributed by atoms with Gasteiger partial charge in [-0.25, -0.2) is 0 Å². The largest absolute Gasteiger partial charge is 0.493 e. The number of benzene rings is 5. The van der Waals surface area contributed by atoms with Gasteiger partial charge in [-0.1, -0.05) is 89.8 Å². The van der Waals surface area contributed by atoms with Crippen molar-refractivity contribution in [3.63, 3.8) is 0 Å². The lowest BCUT2D eigenvalue weighted by Crippen LogP contribution is -2.41. The molecule has 0 spiro atoms. The van der Waals surface area contributed by atoms with E-state index in [4.69, 9.17) is 9.47 Å². The molecule has 4 heteroatoms. The van der Waals surface area contributed by atoms with Crippen molar-refractivity contribution in [3.05, 3.63) is 94.3 Å². The molecule has 270 valence electrons. The van der Waals surface area contributed by atoms with Gasteiger partial charge in [-0.3, -0.25) is 0 Å². The van der Waals surface area contributed by atoms with E-state index in [9.17, 15) is 0 Å². The van der Waals surface area contributed by atoms with Gasteiger partial charge in [0.25, 0.3) is 0 Å². The van der Waals surface area contributed by atoms with Crippen LogP contribution in [-0.2, 0) is 0 Å². The maximum absolute atomic E-state index is 5.78. The van der Waals surface area contributed by atoms with Crippen LogP contribution in [0.25, 0.3) is 43.1 Å². The monoisotopic (exact) mass is 722 g/mol. The summed E-state index contributed by atoms with van der Waals surface area (Å²) in [6.07, 6.45) is 0. The molecule has 0 aliphatic carbocycles. The van der Waals surface area contributed by atoms with Crippen LogP contribution >= 0.6 is 0 Å². The molecule has 5 rings (SSSR count). The van der Waals surface area contributed by atoms with Gasteiger partial charge in [0.15, 0.2) is 27.6 Å². The minimum Gasteiger partial charge on any atom is -0.493 e. The third-order valence-corrected chi connectivity index (χ3v) is 23.2. The van der Waals surface area contributed by atoms with E-state index in [0.29, 0.717) is 33.7 Å². The van der Waals surface area contributed by atoms with Gasteiger partial charge in [-0.05, 0) is 140 Å². The number of rotatable bonds is 8. The topological polar surface area (TPSA) is 18.5 Å². The Hall–Kier alpha value is -4.23. The number of allylic oxidation sites excluding steroid dienone is 2. The first-order valence-corrected chi connectivity index (χ1v) is 23.1. The second-order valence-corrected chi connectivity index (χ2v) is 26.6.